The Hall–Kier alpha value is -2.93. The number of H-pyrrole nitrogens is 1. The van der Waals surface area contributed by atoms with Crippen LogP contribution in [-0.2, 0) is 0 Å². The second-order valence-electron chi connectivity index (χ2n) is 6.61. The van der Waals surface area contributed by atoms with E-state index < -0.39 is 0 Å². The van der Waals surface area contributed by atoms with Crippen LogP contribution in [0.15, 0.2) is 48.8 Å². The fourth-order valence-electron chi connectivity index (χ4n) is 3.23. The lowest BCUT2D eigenvalue weighted by molar-refractivity contribution is 0.0532. The number of pyridine rings is 1. The van der Waals surface area contributed by atoms with Crippen LogP contribution in [0.4, 0.5) is 4.39 Å². The van der Waals surface area contributed by atoms with Crippen LogP contribution in [0.25, 0.3) is 11.3 Å². The number of carbonyl (C=O) groups is 1. The van der Waals surface area contributed by atoms with Crippen molar-refractivity contribution in [3.8, 4) is 17.0 Å². The molecule has 2 aromatic heterocycles. The number of rotatable bonds is 4. The summed E-state index contributed by atoms with van der Waals surface area (Å²) in [7, 11) is 0. The van der Waals surface area contributed by atoms with Crippen molar-refractivity contribution >= 4 is 17.5 Å². The number of nitrogens with zero attached hydrogens (tertiary/aromatic N) is 3. The first-order valence-electron chi connectivity index (χ1n) is 8.97. The van der Waals surface area contributed by atoms with E-state index in [0.29, 0.717) is 35.2 Å². The van der Waals surface area contributed by atoms with Gasteiger partial charge >= 0.3 is 0 Å². The molecule has 1 fully saturated rings. The first kappa shape index (κ1) is 18.4. The Morgan fingerprint density at radius 2 is 2.11 bits per heavy atom. The number of benzene rings is 1. The minimum atomic E-state index is -0.316. The van der Waals surface area contributed by atoms with Crippen molar-refractivity contribution < 1.29 is 13.9 Å². The average Bonchev–Trinajstić information content (AvgIpc) is 3.20. The Bertz CT molecular complexity index is 976. The third-order valence-electron chi connectivity index (χ3n) is 4.64. The smallest absolute Gasteiger partial charge is 0.272 e. The zero-order valence-corrected chi connectivity index (χ0v) is 15.7. The zero-order valence-electron chi connectivity index (χ0n) is 14.9. The number of aromatic nitrogens is 3. The Labute approximate surface area is 166 Å². The van der Waals surface area contributed by atoms with Crippen LogP contribution in [0.1, 0.15) is 23.3 Å². The van der Waals surface area contributed by atoms with Crippen LogP contribution in [0.5, 0.6) is 5.75 Å². The largest absolute Gasteiger partial charge is 0.487 e. The molecule has 0 saturated carbocycles. The monoisotopic (exact) mass is 400 g/mol. The molecule has 0 bridgehead atoms. The molecule has 1 aliphatic rings. The van der Waals surface area contributed by atoms with E-state index in [9.17, 15) is 9.18 Å². The van der Waals surface area contributed by atoms with E-state index in [1.54, 1.807) is 35.4 Å². The Balaban J connectivity index is 1.44. The zero-order chi connectivity index (χ0) is 19.5. The van der Waals surface area contributed by atoms with Gasteiger partial charge in [-0.15, -0.1) is 0 Å². The highest BCUT2D eigenvalue weighted by molar-refractivity contribution is 6.31. The van der Waals surface area contributed by atoms with Crippen LogP contribution in [0.2, 0.25) is 5.02 Å². The molecule has 144 valence electrons. The SMILES string of the molecule is O=C(c1cc(-c2ccc(F)cc2)n[nH]1)N1CCCC(Oc2ccncc2Cl)C1. The maximum absolute atomic E-state index is 13.1. The normalized spacial score (nSPS) is 16.8. The molecule has 1 unspecified atom stereocenters. The maximum Gasteiger partial charge on any atom is 0.272 e. The van der Waals surface area contributed by atoms with Crippen molar-refractivity contribution in [3.05, 3.63) is 65.3 Å². The number of amides is 1. The second kappa shape index (κ2) is 7.98. The van der Waals surface area contributed by atoms with Crippen molar-refractivity contribution in [3.63, 3.8) is 0 Å². The predicted octanol–water partition coefficient (Wildman–Crippen LogP) is 3.95. The van der Waals surface area contributed by atoms with E-state index in [1.165, 1.54) is 18.3 Å². The topological polar surface area (TPSA) is 71.1 Å². The van der Waals surface area contributed by atoms with Gasteiger partial charge in [-0.25, -0.2) is 4.39 Å². The van der Waals surface area contributed by atoms with Crippen LogP contribution >= 0.6 is 11.6 Å². The number of halogens is 2. The molecular weight excluding hydrogens is 383 g/mol. The Morgan fingerprint density at radius 1 is 1.29 bits per heavy atom. The van der Waals surface area contributed by atoms with Crippen LogP contribution in [-0.4, -0.2) is 45.2 Å². The summed E-state index contributed by atoms with van der Waals surface area (Å²) in [6, 6.07) is 9.38. The molecule has 0 aliphatic carbocycles. The summed E-state index contributed by atoms with van der Waals surface area (Å²) in [5.74, 6) is 0.107. The summed E-state index contributed by atoms with van der Waals surface area (Å²) >= 11 is 6.10. The molecule has 1 atom stereocenters. The lowest BCUT2D eigenvalue weighted by Gasteiger charge is -2.32. The Morgan fingerprint density at radius 3 is 2.89 bits per heavy atom. The van der Waals surface area contributed by atoms with Crippen LogP contribution < -0.4 is 4.74 Å². The minimum Gasteiger partial charge on any atom is -0.487 e. The molecular formula is C20H18ClFN4O2. The van der Waals surface area contributed by atoms with E-state index in [1.807, 2.05) is 0 Å². The highest BCUT2D eigenvalue weighted by Crippen LogP contribution is 2.26. The van der Waals surface area contributed by atoms with Gasteiger partial charge in [0, 0.05) is 30.6 Å². The van der Waals surface area contributed by atoms with Gasteiger partial charge < -0.3 is 9.64 Å². The highest BCUT2D eigenvalue weighted by atomic mass is 35.5. The van der Waals surface area contributed by atoms with Gasteiger partial charge in [0.05, 0.1) is 12.2 Å². The number of hydrogen-bond donors (Lipinski definition) is 1. The number of likely N-dealkylation sites (tertiary alicyclic amines) is 1. The molecule has 8 heteroatoms. The average molecular weight is 401 g/mol. The van der Waals surface area contributed by atoms with Gasteiger partial charge in [0.1, 0.15) is 28.4 Å². The van der Waals surface area contributed by atoms with E-state index in [-0.39, 0.29) is 17.8 Å². The van der Waals surface area contributed by atoms with Crippen molar-refractivity contribution in [1.82, 2.24) is 20.1 Å². The summed E-state index contributed by atoms with van der Waals surface area (Å²) in [5.41, 5.74) is 1.72. The van der Waals surface area contributed by atoms with Gasteiger partial charge in [0.25, 0.3) is 5.91 Å². The predicted molar refractivity (Wildman–Crippen MR) is 103 cm³/mol. The maximum atomic E-state index is 13.1. The van der Waals surface area contributed by atoms with Gasteiger partial charge in [-0.05, 0) is 43.2 Å². The molecule has 3 heterocycles. The molecule has 1 amide bonds. The standard InChI is InChI=1S/C20H18ClFN4O2/c21-16-11-23-8-7-19(16)28-15-2-1-9-26(12-15)20(27)18-10-17(24-25-18)13-3-5-14(22)6-4-13/h3-8,10-11,15H,1-2,9,12H2,(H,24,25). The third-order valence-corrected chi connectivity index (χ3v) is 4.93. The van der Waals surface area contributed by atoms with Gasteiger partial charge in [0.2, 0.25) is 0 Å². The molecule has 0 spiro atoms. The van der Waals surface area contributed by atoms with Crippen molar-refractivity contribution in [1.29, 1.82) is 0 Å². The second-order valence-corrected chi connectivity index (χ2v) is 7.02. The van der Waals surface area contributed by atoms with E-state index in [4.69, 9.17) is 16.3 Å². The van der Waals surface area contributed by atoms with Gasteiger partial charge in [-0.2, -0.15) is 5.10 Å². The van der Waals surface area contributed by atoms with Gasteiger partial charge in [-0.3, -0.25) is 14.9 Å². The molecule has 1 saturated heterocycles. The minimum absolute atomic E-state index is 0.142. The molecule has 0 radical (unpaired) electrons. The first-order valence-corrected chi connectivity index (χ1v) is 9.35. The fraction of sp³-hybridized carbons (Fsp3) is 0.250. The number of hydrogen-bond acceptors (Lipinski definition) is 4. The number of nitrogens with one attached hydrogen (secondary N) is 1. The van der Waals surface area contributed by atoms with Crippen LogP contribution in [0.3, 0.4) is 0 Å². The van der Waals surface area contributed by atoms with Crippen molar-refractivity contribution in [2.45, 2.75) is 18.9 Å². The molecule has 3 aromatic rings. The summed E-state index contributed by atoms with van der Waals surface area (Å²) in [6.07, 6.45) is 4.68. The lowest BCUT2D eigenvalue weighted by atomic mass is 10.1. The van der Waals surface area contributed by atoms with E-state index in [2.05, 4.69) is 15.2 Å². The van der Waals surface area contributed by atoms with E-state index in [0.717, 1.165) is 18.4 Å². The molecule has 1 aromatic carbocycles. The van der Waals surface area contributed by atoms with Crippen molar-refractivity contribution in [2.75, 3.05) is 13.1 Å². The molecule has 4 rings (SSSR count). The molecule has 1 N–H and O–H groups in total. The summed E-state index contributed by atoms with van der Waals surface area (Å²) in [5, 5.41) is 7.41. The Kier molecular flexibility index (Phi) is 5.25. The quantitative estimate of drug-likeness (QED) is 0.719. The van der Waals surface area contributed by atoms with Crippen molar-refractivity contribution in [2.24, 2.45) is 0 Å². The first-order chi connectivity index (χ1) is 13.6. The third kappa shape index (κ3) is 3.99. The van der Waals surface area contributed by atoms with E-state index >= 15 is 0 Å². The summed E-state index contributed by atoms with van der Waals surface area (Å²) in [4.78, 5) is 18.6. The number of carbonyl (C=O) groups excluding carboxylic acids is 1. The molecule has 1 aliphatic heterocycles. The number of piperidine rings is 1. The number of aromatic amines is 1. The number of ether oxygens (including phenoxy) is 1. The molecule has 6 nitrogen and oxygen atoms in total. The van der Waals surface area contributed by atoms with Gasteiger partial charge in [0.15, 0.2) is 0 Å². The summed E-state index contributed by atoms with van der Waals surface area (Å²) in [6.45, 7) is 1.11. The molecule has 28 heavy (non-hydrogen) atoms. The summed E-state index contributed by atoms with van der Waals surface area (Å²) < 4.78 is 19.0. The highest BCUT2D eigenvalue weighted by Gasteiger charge is 2.27. The van der Waals surface area contributed by atoms with Gasteiger partial charge in [-0.1, -0.05) is 11.6 Å². The fourth-order valence-corrected chi connectivity index (χ4v) is 3.39. The van der Waals surface area contributed by atoms with Crippen LogP contribution in [0, 0.1) is 5.82 Å². The lowest BCUT2D eigenvalue weighted by Crippen LogP contribution is -2.44.